The van der Waals surface area contributed by atoms with Crippen molar-refractivity contribution in [2.45, 2.75) is 96.7 Å². The molecule has 2 saturated heterocycles. The van der Waals surface area contributed by atoms with Crippen molar-refractivity contribution in [2.75, 3.05) is 45.8 Å². The van der Waals surface area contributed by atoms with E-state index in [9.17, 15) is 9.59 Å². The van der Waals surface area contributed by atoms with Gasteiger partial charge in [0.2, 0.25) is 11.8 Å². The summed E-state index contributed by atoms with van der Waals surface area (Å²) >= 11 is 6.18. The molecule has 10 heteroatoms. The van der Waals surface area contributed by atoms with Gasteiger partial charge in [0.25, 0.3) is 0 Å². The number of halogens is 1. The quantitative estimate of drug-likeness (QED) is 0.369. The highest BCUT2D eigenvalue weighted by molar-refractivity contribution is 6.30. The van der Waals surface area contributed by atoms with Crippen LogP contribution in [0.4, 0.5) is 0 Å². The number of likely N-dealkylation sites (tertiary alicyclic amines) is 2. The zero-order valence-corrected chi connectivity index (χ0v) is 27.6. The van der Waals surface area contributed by atoms with E-state index in [1.807, 2.05) is 54.0 Å². The molecule has 2 aliphatic heterocycles. The highest BCUT2D eigenvalue weighted by Gasteiger charge is 2.44. The predicted octanol–water partition coefficient (Wildman–Crippen LogP) is 4.65. The molecule has 1 atom stereocenters. The lowest BCUT2D eigenvalue weighted by molar-refractivity contribution is -0.137. The molecule has 44 heavy (non-hydrogen) atoms. The van der Waals surface area contributed by atoms with Crippen molar-refractivity contribution in [3.05, 3.63) is 47.5 Å². The Hall–Kier alpha value is -2.49. The fraction of sp³-hybridized carbons (Fsp3) is 0.706. The van der Waals surface area contributed by atoms with Crippen LogP contribution in [0.15, 0.2) is 36.9 Å². The van der Waals surface area contributed by atoms with Crippen LogP contribution in [0, 0.1) is 11.3 Å². The normalized spacial score (nSPS) is 20.8. The van der Waals surface area contributed by atoms with Crippen LogP contribution in [0.25, 0.3) is 0 Å². The molecule has 242 valence electrons. The first-order chi connectivity index (χ1) is 21.4. The first-order valence-corrected chi connectivity index (χ1v) is 17.4. The van der Waals surface area contributed by atoms with Crippen molar-refractivity contribution < 1.29 is 9.59 Å². The van der Waals surface area contributed by atoms with E-state index >= 15 is 0 Å². The molecule has 1 aliphatic carbocycles. The Balaban J connectivity index is 1.23. The number of carbonyl (C=O) groups is 2. The van der Waals surface area contributed by atoms with Crippen LogP contribution in [-0.4, -0.2) is 99.2 Å². The van der Waals surface area contributed by atoms with Gasteiger partial charge in [0, 0.05) is 56.9 Å². The van der Waals surface area contributed by atoms with Crippen LogP contribution in [0.1, 0.15) is 77.2 Å². The van der Waals surface area contributed by atoms with Crippen molar-refractivity contribution in [1.82, 2.24) is 34.8 Å². The van der Waals surface area contributed by atoms with Gasteiger partial charge in [0.15, 0.2) is 0 Å². The van der Waals surface area contributed by atoms with Gasteiger partial charge in [-0.15, -0.1) is 0 Å². The number of nitrogens with one attached hydrogen (secondary N) is 1. The van der Waals surface area contributed by atoms with Crippen LogP contribution in [0.5, 0.6) is 0 Å². The molecule has 2 aromatic rings. The van der Waals surface area contributed by atoms with Gasteiger partial charge in [-0.2, -0.15) is 5.10 Å². The summed E-state index contributed by atoms with van der Waals surface area (Å²) in [7, 11) is 0. The minimum atomic E-state index is -0.289. The van der Waals surface area contributed by atoms with Crippen LogP contribution >= 0.6 is 11.6 Å². The van der Waals surface area contributed by atoms with Gasteiger partial charge < -0.3 is 15.1 Å². The molecule has 0 bridgehead atoms. The molecule has 9 nitrogen and oxygen atoms in total. The molecular weight excluding hydrogens is 574 g/mol. The summed E-state index contributed by atoms with van der Waals surface area (Å²) in [4.78, 5) is 37.4. The molecule has 0 spiro atoms. The minimum absolute atomic E-state index is 0.166. The summed E-state index contributed by atoms with van der Waals surface area (Å²) in [5, 5.41) is 8.96. The summed E-state index contributed by atoms with van der Waals surface area (Å²) in [6.07, 6.45) is 14.5. The highest BCUT2D eigenvalue weighted by Crippen LogP contribution is 2.47. The lowest BCUT2D eigenvalue weighted by Crippen LogP contribution is -2.56. The Morgan fingerprint density at radius 2 is 1.68 bits per heavy atom. The average Bonchev–Trinajstić information content (AvgIpc) is 3.56. The van der Waals surface area contributed by atoms with E-state index in [4.69, 9.17) is 11.6 Å². The summed E-state index contributed by atoms with van der Waals surface area (Å²) in [5.41, 5.74) is 1.28. The number of piperidine rings is 2. The average molecular weight is 626 g/mol. The van der Waals surface area contributed by atoms with E-state index in [-0.39, 0.29) is 29.3 Å². The van der Waals surface area contributed by atoms with Crippen LogP contribution < -0.4 is 5.32 Å². The molecule has 3 fully saturated rings. The molecule has 5 rings (SSSR count). The molecule has 0 radical (unpaired) electrons. The Labute approximate surface area is 268 Å². The van der Waals surface area contributed by atoms with Crippen molar-refractivity contribution in [2.24, 2.45) is 11.3 Å². The standard InChI is InChI=1S/C34H52ClN7O2/c1-3-40(4-2)32(43)23-39-18-14-30(15-19-39)38-31(22-27-10-12-29(35)13-11-27)33(44)41-20-16-34(17-21-41,24-42-26-36-25-37-42)28-8-6-5-7-9-28/h10-13,25-26,28,30-31,38H,3-9,14-24H2,1-2H3/t31-/m1/s1. The third-order valence-corrected chi connectivity index (χ3v) is 10.9. The Morgan fingerprint density at radius 1 is 1.00 bits per heavy atom. The Kier molecular flexibility index (Phi) is 11.7. The van der Waals surface area contributed by atoms with E-state index in [1.54, 1.807) is 6.33 Å². The zero-order chi connectivity index (χ0) is 30.9. The maximum atomic E-state index is 14.2. The second-order valence-electron chi connectivity index (χ2n) is 13.3. The molecule has 3 heterocycles. The molecule has 1 saturated carbocycles. The molecule has 1 aromatic carbocycles. The highest BCUT2D eigenvalue weighted by atomic mass is 35.5. The number of carbonyl (C=O) groups excluding carboxylic acids is 2. The number of hydrogen-bond acceptors (Lipinski definition) is 6. The second kappa shape index (κ2) is 15.7. The SMILES string of the molecule is CCN(CC)C(=O)CN1CCC(N[C@H](Cc2ccc(Cl)cc2)C(=O)N2CCC(Cn3cncn3)(C3CCCCC3)CC2)CC1. The van der Waals surface area contributed by atoms with Gasteiger partial charge in [-0.3, -0.25) is 19.2 Å². The topological polar surface area (TPSA) is 86.6 Å². The maximum Gasteiger partial charge on any atom is 0.240 e. The van der Waals surface area contributed by atoms with E-state index < -0.39 is 0 Å². The van der Waals surface area contributed by atoms with Gasteiger partial charge in [-0.1, -0.05) is 43.0 Å². The summed E-state index contributed by atoms with van der Waals surface area (Å²) in [6.45, 7) is 10.2. The summed E-state index contributed by atoms with van der Waals surface area (Å²) < 4.78 is 2.01. The second-order valence-corrected chi connectivity index (χ2v) is 13.7. The van der Waals surface area contributed by atoms with E-state index in [1.165, 1.54) is 32.1 Å². The van der Waals surface area contributed by atoms with Gasteiger partial charge in [-0.25, -0.2) is 4.98 Å². The number of rotatable bonds is 12. The largest absolute Gasteiger partial charge is 0.342 e. The van der Waals surface area contributed by atoms with Gasteiger partial charge >= 0.3 is 0 Å². The van der Waals surface area contributed by atoms with Crippen LogP contribution in [-0.2, 0) is 22.6 Å². The third-order valence-electron chi connectivity index (χ3n) is 10.6. The summed E-state index contributed by atoms with van der Waals surface area (Å²) in [5.74, 6) is 1.09. The minimum Gasteiger partial charge on any atom is -0.342 e. The van der Waals surface area contributed by atoms with Gasteiger partial charge in [0.1, 0.15) is 12.7 Å². The molecule has 3 aliphatic rings. The van der Waals surface area contributed by atoms with Crippen LogP contribution in [0.2, 0.25) is 5.02 Å². The molecule has 2 amide bonds. The Bertz CT molecular complexity index is 1160. The summed E-state index contributed by atoms with van der Waals surface area (Å²) in [6, 6.07) is 7.85. The number of amides is 2. The van der Waals surface area contributed by atoms with Crippen molar-refractivity contribution >= 4 is 23.4 Å². The number of benzene rings is 1. The first-order valence-electron chi connectivity index (χ1n) is 17.0. The zero-order valence-electron chi connectivity index (χ0n) is 26.8. The lowest BCUT2D eigenvalue weighted by Gasteiger charge is -2.48. The number of nitrogens with zero attached hydrogens (tertiary/aromatic N) is 6. The van der Waals surface area contributed by atoms with Crippen LogP contribution in [0.3, 0.4) is 0 Å². The van der Waals surface area contributed by atoms with E-state index in [0.717, 1.165) is 77.1 Å². The predicted molar refractivity (Wildman–Crippen MR) is 174 cm³/mol. The van der Waals surface area contributed by atoms with E-state index in [2.05, 4.69) is 25.2 Å². The van der Waals surface area contributed by atoms with Gasteiger partial charge in [0.05, 0.1) is 12.6 Å². The molecule has 1 N–H and O–H groups in total. The third kappa shape index (κ3) is 8.40. The van der Waals surface area contributed by atoms with Crippen molar-refractivity contribution in [1.29, 1.82) is 0 Å². The smallest absolute Gasteiger partial charge is 0.240 e. The molecule has 1 aromatic heterocycles. The van der Waals surface area contributed by atoms with Gasteiger partial charge in [-0.05, 0) is 87.8 Å². The van der Waals surface area contributed by atoms with Crippen molar-refractivity contribution in [3.63, 3.8) is 0 Å². The molecular formula is C34H52ClN7O2. The molecule has 0 unspecified atom stereocenters. The lowest BCUT2D eigenvalue weighted by atomic mass is 9.63. The first kappa shape index (κ1) is 32.9. The number of hydrogen-bond donors (Lipinski definition) is 1. The fourth-order valence-electron chi connectivity index (χ4n) is 7.92. The van der Waals surface area contributed by atoms with Crippen molar-refractivity contribution in [3.8, 4) is 0 Å². The maximum absolute atomic E-state index is 14.2. The number of aromatic nitrogens is 3. The van der Waals surface area contributed by atoms with E-state index in [0.29, 0.717) is 23.9 Å². The number of likely N-dealkylation sites (N-methyl/N-ethyl adjacent to an activating group) is 1. The fourth-order valence-corrected chi connectivity index (χ4v) is 8.05. The monoisotopic (exact) mass is 625 g/mol. The Morgan fingerprint density at radius 3 is 2.30 bits per heavy atom.